The summed E-state index contributed by atoms with van der Waals surface area (Å²) in [7, 11) is -1.26. The number of aryl methyl sites for hydroxylation is 2. The Bertz CT molecular complexity index is 1780. The van der Waals surface area contributed by atoms with Crippen LogP contribution in [-0.4, -0.2) is 58.0 Å². The molecule has 4 rings (SSSR count). The molecule has 0 aliphatic carbocycles. The third-order valence-corrected chi connectivity index (χ3v) is 9.45. The Morgan fingerprint density at radius 3 is 2.09 bits per heavy atom. The summed E-state index contributed by atoms with van der Waals surface area (Å²) in [6.07, 6.45) is 0.216. The first-order chi connectivity index (χ1) is 22.4. The summed E-state index contributed by atoms with van der Waals surface area (Å²) >= 11 is 0. The number of nitrogens with zero attached hydrogens (tertiary/aromatic N) is 2. The van der Waals surface area contributed by atoms with E-state index < -0.39 is 28.5 Å². The number of carbonyl (C=O) groups excluding carboxylic acids is 2. The van der Waals surface area contributed by atoms with Crippen LogP contribution in [0.3, 0.4) is 0 Å². The highest BCUT2D eigenvalue weighted by Crippen LogP contribution is 2.34. The number of hydrogen-bond donors (Lipinski definition) is 1. The second-order valence-electron chi connectivity index (χ2n) is 11.7. The van der Waals surface area contributed by atoms with Gasteiger partial charge < -0.3 is 19.7 Å². The maximum Gasteiger partial charge on any atom is 0.264 e. The van der Waals surface area contributed by atoms with Gasteiger partial charge in [0.25, 0.3) is 10.0 Å². The first kappa shape index (κ1) is 35.0. The van der Waals surface area contributed by atoms with Gasteiger partial charge in [0.05, 0.1) is 24.8 Å². The zero-order valence-electron chi connectivity index (χ0n) is 27.8. The average molecular weight is 658 g/mol. The third-order valence-electron chi connectivity index (χ3n) is 7.68. The molecule has 0 bridgehead atoms. The number of carbonyl (C=O) groups is 2. The quantitative estimate of drug-likeness (QED) is 0.187. The minimum Gasteiger partial charge on any atom is -0.497 e. The van der Waals surface area contributed by atoms with E-state index in [0.29, 0.717) is 11.3 Å². The van der Waals surface area contributed by atoms with Gasteiger partial charge in [-0.25, -0.2) is 8.42 Å². The lowest BCUT2D eigenvalue weighted by molar-refractivity contribution is -0.140. The Hall–Kier alpha value is -4.83. The number of methoxy groups -OCH3 is 2. The minimum atomic E-state index is -4.27. The number of nitrogens with one attached hydrogen (secondary N) is 1. The lowest BCUT2D eigenvalue weighted by atomic mass is 10.0. The first-order valence-electron chi connectivity index (χ1n) is 15.4. The van der Waals surface area contributed by atoms with E-state index >= 15 is 0 Å². The first-order valence-corrected chi connectivity index (χ1v) is 16.9. The molecular formula is C37H43N3O6S. The summed E-state index contributed by atoms with van der Waals surface area (Å²) < 4.78 is 40.8. The number of ether oxygens (including phenoxy) is 2. The molecule has 4 aromatic carbocycles. The van der Waals surface area contributed by atoms with Gasteiger partial charge in [-0.05, 0) is 80.8 Å². The van der Waals surface area contributed by atoms with Crippen molar-refractivity contribution in [3.05, 3.63) is 119 Å². The number of hydrogen-bond acceptors (Lipinski definition) is 6. The van der Waals surface area contributed by atoms with E-state index in [9.17, 15) is 18.0 Å². The fourth-order valence-corrected chi connectivity index (χ4v) is 6.66. The summed E-state index contributed by atoms with van der Waals surface area (Å²) in [5.41, 5.74) is 3.46. The van der Waals surface area contributed by atoms with Gasteiger partial charge in [-0.3, -0.25) is 13.9 Å². The molecule has 47 heavy (non-hydrogen) atoms. The second kappa shape index (κ2) is 15.6. The number of sulfonamides is 1. The van der Waals surface area contributed by atoms with Crippen LogP contribution in [0.5, 0.6) is 11.5 Å². The molecule has 0 saturated heterocycles. The lowest BCUT2D eigenvalue weighted by Crippen LogP contribution is -2.54. The minimum absolute atomic E-state index is 0.0252. The van der Waals surface area contributed by atoms with Crippen molar-refractivity contribution in [3.8, 4) is 11.5 Å². The van der Waals surface area contributed by atoms with Crippen LogP contribution in [-0.2, 0) is 32.6 Å². The standard InChI is InChI=1S/C37H43N3O6S/c1-26(2)38-37(42)34(23-29-11-8-7-9-12-29)39(24-30-13-10-14-31(22-30)45-5)36(41)25-40(33-21-28(4)17-20-35(33)46-6)47(43,44)32-18-15-27(3)16-19-32/h7-22,26,34H,23-25H2,1-6H3,(H,38,42). The number of benzene rings is 4. The van der Waals surface area contributed by atoms with E-state index in [4.69, 9.17) is 9.47 Å². The molecule has 0 saturated carbocycles. The van der Waals surface area contributed by atoms with Crippen LogP contribution in [0.25, 0.3) is 0 Å². The highest BCUT2D eigenvalue weighted by Gasteiger charge is 2.36. The number of anilines is 1. The van der Waals surface area contributed by atoms with Crippen LogP contribution >= 0.6 is 0 Å². The molecule has 0 fully saturated rings. The summed E-state index contributed by atoms with van der Waals surface area (Å²) in [6, 6.07) is 27.1. The largest absolute Gasteiger partial charge is 0.497 e. The summed E-state index contributed by atoms with van der Waals surface area (Å²) in [6.45, 7) is 6.86. The van der Waals surface area contributed by atoms with Crippen molar-refractivity contribution >= 4 is 27.5 Å². The van der Waals surface area contributed by atoms with Gasteiger partial charge in [0.2, 0.25) is 11.8 Å². The van der Waals surface area contributed by atoms with Gasteiger partial charge >= 0.3 is 0 Å². The topological polar surface area (TPSA) is 105 Å². The molecule has 10 heteroatoms. The van der Waals surface area contributed by atoms with Crippen molar-refractivity contribution in [2.45, 2.75) is 57.6 Å². The monoisotopic (exact) mass is 657 g/mol. The molecule has 2 amide bonds. The second-order valence-corrected chi connectivity index (χ2v) is 13.6. The Morgan fingerprint density at radius 1 is 0.787 bits per heavy atom. The van der Waals surface area contributed by atoms with Crippen molar-refractivity contribution in [3.63, 3.8) is 0 Å². The van der Waals surface area contributed by atoms with Crippen molar-refractivity contribution in [1.29, 1.82) is 0 Å². The van der Waals surface area contributed by atoms with Gasteiger partial charge in [0.15, 0.2) is 0 Å². The fraction of sp³-hybridized carbons (Fsp3) is 0.297. The number of amides is 2. The molecule has 0 spiro atoms. The van der Waals surface area contributed by atoms with Crippen LogP contribution in [0, 0.1) is 13.8 Å². The van der Waals surface area contributed by atoms with E-state index in [2.05, 4.69) is 5.32 Å². The van der Waals surface area contributed by atoms with Crippen LogP contribution in [0.1, 0.15) is 36.1 Å². The number of rotatable bonds is 14. The van der Waals surface area contributed by atoms with E-state index in [1.807, 2.05) is 76.2 Å². The highest BCUT2D eigenvalue weighted by molar-refractivity contribution is 7.92. The van der Waals surface area contributed by atoms with Crippen molar-refractivity contribution < 1.29 is 27.5 Å². The Morgan fingerprint density at radius 2 is 1.45 bits per heavy atom. The van der Waals surface area contributed by atoms with E-state index in [0.717, 1.165) is 21.0 Å². The SMILES string of the molecule is COc1cccc(CN(C(=O)CN(c2cc(C)ccc2OC)S(=O)(=O)c2ccc(C)cc2)C(Cc2ccccc2)C(=O)NC(C)C)c1. The maximum atomic E-state index is 14.7. The molecular weight excluding hydrogens is 614 g/mol. The van der Waals surface area contributed by atoms with E-state index in [-0.39, 0.29) is 41.2 Å². The van der Waals surface area contributed by atoms with Gasteiger partial charge in [0, 0.05) is 19.0 Å². The Labute approximate surface area is 278 Å². The van der Waals surface area contributed by atoms with Gasteiger partial charge in [-0.1, -0.05) is 66.2 Å². The summed E-state index contributed by atoms with van der Waals surface area (Å²) in [4.78, 5) is 30.1. The summed E-state index contributed by atoms with van der Waals surface area (Å²) in [5, 5.41) is 2.97. The molecule has 0 aliphatic rings. The molecule has 1 unspecified atom stereocenters. The zero-order chi connectivity index (χ0) is 34.1. The van der Waals surface area contributed by atoms with Gasteiger partial charge in [-0.2, -0.15) is 0 Å². The van der Waals surface area contributed by atoms with Crippen LogP contribution in [0.2, 0.25) is 0 Å². The normalized spacial score (nSPS) is 11.9. The zero-order valence-corrected chi connectivity index (χ0v) is 28.6. The van der Waals surface area contributed by atoms with E-state index in [1.165, 1.54) is 24.1 Å². The maximum absolute atomic E-state index is 14.7. The molecule has 0 aromatic heterocycles. The molecule has 0 heterocycles. The average Bonchev–Trinajstić information content (AvgIpc) is 3.05. The molecule has 9 nitrogen and oxygen atoms in total. The van der Waals surface area contributed by atoms with E-state index in [1.54, 1.807) is 43.5 Å². The van der Waals surface area contributed by atoms with Crippen LogP contribution < -0.4 is 19.1 Å². The molecule has 0 aliphatic heterocycles. The lowest BCUT2D eigenvalue weighted by Gasteiger charge is -2.34. The van der Waals surface area contributed by atoms with Crippen LogP contribution in [0.4, 0.5) is 5.69 Å². The molecule has 0 radical (unpaired) electrons. The van der Waals surface area contributed by atoms with Gasteiger partial charge in [-0.15, -0.1) is 0 Å². The van der Waals surface area contributed by atoms with Gasteiger partial charge in [0.1, 0.15) is 24.1 Å². The van der Waals surface area contributed by atoms with Crippen molar-refractivity contribution in [1.82, 2.24) is 10.2 Å². The predicted molar refractivity (Wildman–Crippen MR) is 184 cm³/mol. The summed E-state index contributed by atoms with van der Waals surface area (Å²) in [5.74, 6) is -0.0286. The molecule has 248 valence electrons. The molecule has 4 aromatic rings. The molecule has 1 atom stereocenters. The molecule has 1 N–H and O–H groups in total. The Kier molecular flexibility index (Phi) is 11.7. The van der Waals surface area contributed by atoms with Crippen molar-refractivity contribution in [2.75, 3.05) is 25.1 Å². The smallest absolute Gasteiger partial charge is 0.264 e. The van der Waals surface area contributed by atoms with Crippen LogP contribution in [0.15, 0.2) is 102 Å². The van der Waals surface area contributed by atoms with Crippen molar-refractivity contribution in [2.24, 2.45) is 0 Å². The predicted octanol–water partition coefficient (Wildman–Crippen LogP) is 5.68. The fourth-order valence-electron chi connectivity index (χ4n) is 5.25. The Balaban J connectivity index is 1.86. The highest BCUT2D eigenvalue weighted by atomic mass is 32.2. The third kappa shape index (κ3) is 8.92.